The Morgan fingerprint density at radius 1 is 1.45 bits per heavy atom. The molecule has 0 aliphatic heterocycles. The van der Waals surface area contributed by atoms with Gasteiger partial charge in [-0.15, -0.1) is 0 Å². The molecule has 0 unspecified atom stereocenters. The molecule has 0 aliphatic carbocycles. The second-order valence-electron chi connectivity index (χ2n) is 2.00. The van der Waals surface area contributed by atoms with E-state index in [2.05, 4.69) is 26.6 Å². The van der Waals surface area contributed by atoms with Gasteiger partial charge in [-0.25, -0.2) is 0 Å². The molecule has 0 atom stereocenters. The summed E-state index contributed by atoms with van der Waals surface area (Å²) >= 11 is 3.32. The maximum atomic E-state index is 3.32. The molecule has 64 valence electrons. The SMILES string of the molecule is CN/C=C\N(C)/C=C(/Br)NC. The third-order valence-corrected chi connectivity index (χ3v) is 1.63. The van der Waals surface area contributed by atoms with E-state index in [4.69, 9.17) is 0 Å². The largest absolute Gasteiger partial charge is 0.393 e. The van der Waals surface area contributed by atoms with Gasteiger partial charge in [0.2, 0.25) is 0 Å². The van der Waals surface area contributed by atoms with Crippen molar-refractivity contribution >= 4 is 15.9 Å². The van der Waals surface area contributed by atoms with Crippen LogP contribution in [0.2, 0.25) is 0 Å². The zero-order valence-corrected chi connectivity index (χ0v) is 8.64. The van der Waals surface area contributed by atoms with Gasteiger partial charge < -0.3 is 15.5 Å². The van der Waals surface area contributed by atoms with Gasteiger partial charge >= 0.3 is 0 Å². The third-order valence-electron chi connectivity index (χ3n) is 1.03. The summed E-state index contributed by atoms with van der Waals surface area (Å²) in [6, 6.07) is 0. The minimum atomic E-state index is 0.945. The first-order chi connectivity index (χ1) is 5.20. The van der Waals surface area contributed by atoms with Crippen LogP contribution in [0.1, 0.15) is 0 Å². The van der Waals surface area contributed by atoms with E-state index in [9.17, 15) is 0 Å². The highest BCUT2D eigenvalue weighted by Gasteiger charge is 1.86. The molecule has 2 N–H and O–H groups in total. The lowest BCUT2D eigenvalue weighted by molar-refractivity contribution is 0.614. The lowest BCUT2D eigenvalue weighted by Gasteiger charge is -2.08. The van der Waals surface area contributed by atoms with Crippen LogP contribution in [0.25, 0.3) is 0 Å². The molecule has 3 nitrogen and oxygen atoms in total. The summed E-state index contributed by atoms with van der Waals surface area (Å²) in [6.07, 6.45) is 5.69. The fraction of sp³-hybridized carbons (Fsp3) is 0.429. The standard InChI is InChI=1S/C7H14BrN3/c1-9-4-5-11(3)6-7(8)10-2/h4-6,9-10H,1-3H3/b5-4-,7-6-. The Hall–Kier alpha value is -0.640. The number of hydrogen-bond donors (Lipinski definition) is 2. The van der Waals surface area contributed by atoms with E-state index in [-0.39, 0.29) is 0 Å². The molecule has 0 rings (SSSR count). The van der Waals surface area contributed by atoms with E-state index in [1.165, 1.54) is 0 Å². The van der Waals surface area contributed by atoms with E-state index in [1.807, 2.05) is 44.6 Å². The Bertz CT molecular complexity index is 154. The van der Waals surface area contributed by atoms with Crippen LogP contribution in [0.15, 0.2) is 23.2 Å². The Morgan fingerprint density at radius 2 is 2.09 bits per heavy atom. The van der Waals surface area contributed by atoms with E-state index in [0.717, 1.165) is 4.61 Å². The molecule has 0 bridgehead atoms. The van der Waals surface area contributed by atoms with Crippen LogP contribution < -0.4 is 10.6 Å². The maximum absolute atomic E-state index is 3.32. The molecule has 0 saturated carbocycles. The van der Waals surface area contributed by atoms with Crippen molar-refractivity contribution < 1.29 is 0 Å². The van der Waals surface area contributed by atoms with Gasteiger partial charge in [0.05, 0.1) is 4.61 Å². The Morgan fingerprint density at radius 3 is 2.55 bits per heavy atom. The van der Waals surface area contributed by atoms with Crippen molar-refractivity contribution in [2.24, 2.45) is 0 Å². The Labute approximate surface area is 76.3 Å². The van der Waals surface area contributed by atoms with Crippen LogP contribution in [0.3, 0.4) is 0 Å². The first-order valence-electron chi connectivity index (χ1n) is 3.31. The van der Waals surface area contributed by atoms with Crippen LogP contribution in [-0.4, -0.2) is 26.0 Å². The highest BCUT2D eigenvalue weighted by Crippen LogP contribution is 1.99. The van der Waals surface area contributed by atoms with Crippen LogP contribution >= 0.6 is 15.9 Å². The average Bonchev–Trinajstić information content (AvgIpc) is 2.00. The average molecular weight is 220 g/mol. The molecule has 0 amide bonds. The van der Waals surface area contributed by atoms with E-state index in [0.29, 0.717) is 0 Å². The van der Waals surface area contributed by atoms with E-state index < -0.39 is 0 Å². The third kappa shape index (κ3) is 5.79. The normalized spacial score (nSPS) is 11.8. The van der Waals surface area contributed by atoms with Gasteiger partial charge in [-0.1, -0.05) is 0 Å². The summed E-state index contributed by atoms with van der Waals surface area (Å²) in [5.41, 5.74) is 0. The number of hydrogen-bond acceptors (Lipinski definition) is 3. The monoisotopic (exact) mass is 219 g/mol. The predicted molar refractivity (Wildman–Crippen MR) is 52.0 cm³/mol. The second-order valence-corrected chi connectivity index (χ2v) is 2.85. The van der Waals surface area contributed by atoms with Crippen molar-refractivity contribution in [2.75, 3.05) is 21.1 Å². The molecule has 11 heavy (non-hydrogen) atoms. The van der Waals surface area contributed by atoms with Crippen molar-refractivity contribution in [3.8, 4) is 0 Å². The molecule has 0 saturated heterocycles. The van der Waals surface area contributed by atoms with Gasteiger partial charge in [-0.2, -0.15) is 0 Å². The lowest BCUT2D eigenvalue weighted by atomic mass is 10.7. The quantitative estimate of drug-likeness (QED) is 0.692. The van der Waals surface area contributed by atoms with Crippen LogP contribution in [0, 0.1) is 0 Å². The van der Waals surface area contributed by atoms with Crippen LogP contribution in [0.5, 0.6) is 0 Å². The minimum Gasteiger partial charge on any atom is -0.393 e. The molecule has 0 aromatic rings. The zero-order chi connectivity index (χ0) is 8.69. The van der Waals surface area contributed by atoms with Gasteiger partial charge in [0.1, 0.15) is 0 Å². The maximum Gasteiger partial charge on any atom is 0.0941 e. The van der Waals surface area contributed by atoms with Gasteiger partial charge in [0.25, 0.3) is 0 Å². The Kier molecular flexibility index (Phi) is 5.74. The van der Waals surface area contributed by atoms with Crippen LogP contribution in [-0.2, 0) is 0 Å². The number of halogens is 1. The predicted octanol–water partition coefficient (Wildman–Crippen LogP) is 1.02. The summed E-state index contributed by atoms with van der Waals surface area (Å²) < 4.78 is 0.945. The smallest absolute Gasteiger partial charge is 0.0941 e. The molecule has 0 aliphatic rings. The van der Waals surface area contributed by atoms with Crippen molar-refractivity contribution in [1.82, 2.24) is 15.5 Å². The second kappa shape index (κ2) is 6.09. The fourth-order valence-electron chi connectivity index (χ4n) is 0.478. The molecule has 0 aromatic carbocycles. The van der Waals surface area contributed by atoms with Crippen molar-refractivity contribution in [3.05, 3.63) is 23.2 Å². The lowest BCUT2D eigenvalue weighted by Crippen LogP contribution is -2.08. The minimum absolute atomic E-state index is 0.945. The highest BCUT2D eigenvalue weighted by molar-refractivity contribution is 9.11. The molecule has 0 aromatic heterocycles. The topological polar surface area (TPSA) is 27.3 Å². The molecule has 0 heterocycles. The molecule has 0 spiro atoms. The molecular weight excluding hydrogens is 206 g/mol. The molecule has 0 fully saturated rings. The first-order valence-corrected chi connectivity index (χ1v) is 4.11. The number of nitrogens with zero attached hydrogens (tertiary/aromatic N) is 1. The van der Waals surface area contributed by atoms with Gasteiger partial charge in [0.15, 0.2) is 0 Å². The Balaban J connectivity index is 3.84. The van der Waals surface area contributed by atoms with Crippen LogP contribution in [0.4, 0.5) is 0 Å². The van der Waals surface area contributed by atoms with Crippen molar-refractivity contribution in [2.45, 2.75) is 0 Å². The highest BCUT2D eigenvalue weighted by atomic mass is 79.9. The molecule has 4 heteroatoms. The first kappa shape index (κ1) is 10.4. The van der Waals surface area contributed by atoms with E-state index >= 15 is 0 Å². The number of nitrogens with one attached hydrogen (secondary N) is 2. The summed E-state index contributed by atoms with van der Waals surface area (Å²) in [5, 5.41) is 5.86. The summed E-state index contributed by atoms with van der Waals surface area (Å²) in [7, 11) is 5.67. The molecular formula is C7H14BrN3. The van der Waals surface area contributed by atoms with E-state index in [1.54, 1.807) is 0 Å². The summed E-state index contributed by atoms with van der Waals surface area (Å²) in [4.78, 5) is 1.93. The summed E-state index contributed by atoms with van der Waals surface area (Å²) in [5.74, 6) is 0. The number of rotatable bonds is 4. The van der Waals surface area contributed by atoms with Crippen molar-refractivity contribution in [1.29, 1.82) is 0 Å². The van der Waals surface area contributed by atoms with Gasteiger partial charge in [-0.05, 0) is 15.9 Å². The van der Waals surface area contributed by atoms with Gasteiger partial charge in [-0.3, -0.25) is 0 Å². The molecule has 0 radical (unpaired) electrons. The van der Waals surface area contributed by atoms with Crippen molar-refractivity contribution in [3.63, 3.8) is 0 Å². The zero-order valence-electron chi connectivity index (χ0n) is 7.06. The summed E-state index contributed by atoms with van der Waals surface area (Å²) in [6.45, 7) is 0. The fourth-order valence-corrected chi connectivity index (χ4v) is 0.801. The van der Waals surface area contributed by atoms with Gasteiger partial charge in [0, 0.05) is 39.7 Å².